The van der Waals surface area contributed by atoms with Gasteiger partial charge in [-0.15, -0.1) is 11.8 Å². The van der Waals surface area contributed by atoms with Crippen LogP contribution in [0.2, 0.25) is 0 Å². The van der Waals surface area contributed by atoms with Gasteiger partial charge in [-0.25, -0.2) is 13.6 Å². The van der Waals surface area contributed by atoms with E-state index in [-0.39, 0.29) is 31.2 Å². The van der Waals surface area contributed by atoms with Crippen LogP contribution < -0.4 is 15.2 Å². The van der Waals surface area contributed by atoms with Crippen molar-refractivity contribution < 1.29 is 37.3 Å². The summed E-state index contributed by atoms with van der Waals surface area (Å²) in [5.41, 5.74) is 0.422. The summed E-state index contributed by atoms with van der Waals surface area (Å²) in [6, 6.07) is 11.6. The third-order valence-corrected chi connectivity index (χ3v) is 7.47. The fourth-order valence-electron chi connectivity index (χ4n) is 4.90. The van der Waals surface area contributed by atoms with Crippen molar-refractivity contribution in [3.63, 3.8) is 0 Å². The third-order valence-electron chi connectivity index (χ3n) is 6.66. The topological polar surface area (TPSA) is 99.5 Å². The van der Waals surface area contributed by atoms with Crippen molar-refractivity contribution in [3.8, 4) is 5.75 Å². The highest BCUT2D eigenvalue weighted by molar-refractivity contribution is 7.98. The van der Waals surface area contributed by atoms with E-state index in [1.54, 1.807) is 9.91 Å². The van der Waals surface area contributed by atoms with Crippen molar-refractivity contribution in [1.29, 1.82) is 0 Å². The predicted molar refractivity (Wildman–Crippen MR) is 140 cm³/mol. The predicted octanol–water partition coefficient (Wildman–Crippen LogP) is 3.51. The molecule has 5 rings (SSSR count). The first-order valence-electron chi connectivity index (χ1n) is 12.2. The Morgan fingerprint density at radius 1 is 1.15 bits per heavy atom. The maximum absolute atomic E-state index is 14.6. The number of thioether (sulfide) groups is 1. The van der Waals surface area contributed by atoms with Gasteiger partial charge in [-0.2, -0.15) is 0 Å². The third kappa shape index (κ3) is 4.97. The first-order valence-corrected chi connectivity index (χ1v) is 13.4. The second-order valence-corrected chi connectivity index (χ2v) is 9.66. The lowest BCUT2D eigenvalue weighted by Gasteiger charge is -2.51. The van der Waals surface area contributed by atoms with Crippen molar-refractivity contribution >= 4 is 23.8 Å². The highest BCUT2D eigenvalue weighted by Gasteiger charge is 2.45. The molecule has 0 bridgehead atoms. The van der Waals surface area contributed by atoms with Crippen LogP contribution in [-0.4, -0.2) is 67.7 Å². The summed E-state index contributed by atoms with van der Waals surface area (Å²) in [5.74, 6) is -2.87. The summed E-state index contributed by atoms with van der Waals surface area (Å²) < 4.78 is 50.6. The Labute approximate surface area is 231 Å². The molecule has 3 aromatic rings. The highest BCUT2D eigenvalue weighted by Crippen LogP contribution is 2.39. The van der Waals surface area contributed by atoms with Gasteiger partial charge in [-0.3, -0.25) is 19.3 Å². The standard InChI is InChI=1S/C27H25F2N3O7S/c1-36-27(35)39-15-38-25-20(33)9-10-31-24(25)26(34)30-11-12-37-14-22(30)32(31)23(16-7-8-18(28)19(29)13-16)17-5-3-4-6-21(17)40-2/h3-10,13,22-23H,11-12,14-15H2,1-2H3/t22-,23?/m1/s1. The van der Waals surface area contributed by atoms with E-state index in [4.69, 9.17) is 14.2 Å². The molecular formula is C27H25F2N3O7S. The molecule has 40 heavy (non-hydrogen) atoms. The van der Waals surface area contributed by atoms with Gasteiger partial charge in [0.05, 0.1) is 26.4 Å². The largest absolute Gasteiger partial charge is 0.510 e. The Morgan fingerprint density at radius 2 is 1.95 bits per heavy atom. The SMILES string of the molecule is COC(=O)OCOc1c2n(ccc1=O)N(C(c1ccc(F)c(F)c1)c1ccccc1SC)[C@@H]1COCCN1C2=O. The number of benzene rings is 2. The molecule has 0 aliphatic carbocycles. The molecule has 210 valence electrons. The van der Waals surface area contributed by atoms with Crippen LogP contribution in [0.25, 0.3) is 0 Å². The Balaban J connectivity index is 1.73. The van der Waals surface area contributed by atoms with Crippen molar-refractivity contribution in [2.75, 3.05) is 44.9 Å². The van der Waals surface area contributed by atoms with Gasteiger partial charge >= 0.3 is 6.16 Å². The normalized spacial score (nSPS) is 17.1. The van der Waals surface area contributed by atoms with Gasteiger partial charge < -0.3 is 23.8 Å². The van der Waals surface area contributed by atoms with E-state index in [2.05, 4.69) is 4.74 Å². The Bertz CT molecular complexity index is 1500. The van der Waals surface area contributed by atoms with Crippen LogP contribution in [0.4, 0.5) is 13.6 Å². The zero-order chi connectivity index (χ0) is 28.4. The van der Waals surface area contributed by atoms with Gasteiger partial charge in [0.25, 0.3) is 5.91 Å². The monoisotopic (exact) mass is 573 g/mol. The number of pyridine rings is 1. The highest BCUT2D eigenvalue weighted by atomic mass is 32.2. The maximum atomic E-state index is 14.6. The minimum Gasteiger partial charge on any atom is -0.451 e. The van der Waals surface area contributed by atoms with Crippen LogP contribution in [-0.2, 0) is 14.2 Å². The lowest BCUT2D eigenvalue weighted by atomic mass is 9.96. The molecule has 0 N–H and O–H groups in total. The van der Waals surface area contributed by atoms with Gasteiger partial charge in [0.2, 0.25) is 18.0 Å². The van der Waals surface area contributed by atoms with E-state index in [9.17, 15) is 23.2 Å². The number of methoxy groups -OCH3 is 1. The number of fused-ring (bicyclic) bond motifs is 2. The van der Waals surface area contributed by atoms with Crippen molar-refractivity contribution in [1.82, 2.24) is 9.58 Å². The molecule has 3 heterocycles. The number of hydrogen-bond donors (Lipinski definition) is 0. The molecule has 2 atom stereocenters. The lowest BCUT2D eigenvalue weighted by Crippen LogP contribution is -2.66. The molecule has 2 aliphatic rings. The van der Waals surface area contributed by atoms with Gasteiger partial charge in [0, 0.05) is 23.7 Å². The zero-order valence-electron chi connectivity index (χ0n) is 21.5. The smallest absolute Gasteiger partial charge is 0.451 e. The molecule has 1 amide bonds. The number of morpholine rings is 1. The molecule has 13 heteroatoms. The molecular weight excluding hydrogens is 548 g/mol. The first kappa shape index (κ1) is 27.5. The summed E-state index contributed by atoms with van der Waals surface area (Å²) >= 11 is 1.47. The van der Waals surface area contributed by atoms with Crippen molar-refractivity contribution in [2.45, 2.75) is 17.1 Å². The molecule has 1 unspecified atom stereocenters. The number of rotatable bonds is 7. The second kappa shape index (κ2) is 11.6. The van der Waals surface area contributed by atoms with Gasteiger partial charge in [0.15, 0.2) is 17.3 Å². The minimum absolute atomic E-state index is 0.112. The van der Waals surface area contributed by atoms with Gasteiger partial charge in [-0.05, 0) is 35.6 Å². The molecule has 2 aliphatic heterocycles. The number of hydrogen-bond acceptors (Lipinski definition) is 9. The van der Waals surface area contributed by atoms with Crippen LogP contribution >= 0.6 is 11.8 Å². The number of carbonyl (C=O) groups is 2. The maximum Gasteiger partial charge on any atom is 0.510 e. The molecule has 0 saturated carbocycles. The Morgan fingerprint density at radius 3 is 2.70 bits per heavy atom. The minimum atomic E-state index is -1.03. The molecule has 1 saturated heterocycles. The van der Waals surface area contributed by atoms with E-state index in [0.717, 1.165) is 29.7 Å². The van der Waals surface area contributed by atoms with Gasteiger partial charge in [0.1, 0.15) is 6.17 Å². The van der Waals surface area contributed by atoms with Crippen LogP contribution in [0.15, 0.2) is 64.4 Å². The van der Waals surface area contributed by atoms with Crippen LogP contribution in [0.1, 0.15) is 27.7 Å². The summed E-state index contributed by atoms with van der Waals surface area (Å²) in [5, 5.41) is 1.78. The molecule has 1 fully saturated rings. The summed E-state index contributed by atoms with van der Waals surface area (Å²) in [7, 11) is 1.12. The zero-order valence-corrected chi connectivity index (χ0v) is 22.4. The molecule has 0 spiro atoms. The van der Waals surface area contributed by atoms with Crippen LogP contribution in [0, 0.1) is 11.6 Å². The Kier molecular flexibility index (Phi) is 7.94. The fraction of sp³-hybridized carbons (Fsp3) is 0.296. The van der Waals surface area contributed by atoms with Crippen LogP contribution in [0.3, 0.4) is 0 Å². The van der Waals surface area contributed by atoms with E-state index < -0.39 is 48.1 Å². The average Bonchev–Trinajstić information content (AvgIpc) is 2.97. The van der Waals surface area contributed by atoms with Crippen LogP contribution in [0.5, 0.6) is 5.75 Å². The van der Waals surface area contributed by atoms with E-state index in [0.29, 0.717) is 5.56 Å². The van der Waals surface area contributed by atoms with Crippen molar-refractivity contribution in [2.24, 2.45) is 0 Å². The van der Waals surface area contributed by atoms with E-state index in [1.807, 2.05) is 30.5 Å². The molecule has 0 radical (unpaired) electrons. The number of aromatic nitrogens is 1. The summed E-state index contributed by atoms with van der Waals surface area (Å²) in [6.07, 6.45) is 1.61. The number of amides is 1. The average molecular weight is 574 g/mol. The van der Waals surface area contributed by atoms with E-state index in [1.165, 1.54) is 34.8 Å². The lowest BCUT2D eigenvalue weighted by molar-refractivity contribution is -0.0209. The first-order chi connectivity index (χ1) is 19.3. The molecule has 2 aromatic carbocycles. The fourth-order valence-corrected chi connectivity index (χ4v) is 5.53. The number of halogens is 2. The quantitative estimate of drug-likeness (QED) is 0.239. The molecule has 10 nitrogen and oxygen atoms in total. The van der Waals surface area contributed by atoms with Crippen molar-refractivity contribution in [3.05, 3.63) is 93.4 Å². The summed E-state index contributed by atoms with van der Waals surface area (Å²) in [4.78, 5) is 40.6. The number of nitrogens with zero attached hydrogens (tertiary/aromatic N) is 3. The van der Waals surface area contributed by atoms with E-state index >= 15 is 0 Å². The number of ether oxygens (including phenoxy) is 4. The molecule has 1 aromatic heterocycles. The second-order valence-electron chi connectivity index (χ2n) is 8.82. The summed E-state index contributed by atoms with van der Waals surface area (Å²) in [6.45, 7) is -0.108. The Hall–Kier alpha value is -4.10. The number of carbonyl (C=O) groups excluding carboxylic acids is 2. The van der Waals surface area contributed by atoms with Gasteiger partial charge in [-0.1, -0.05) is 24.3 Å².